The first kappa shape index (κ1) is 13.4. The van der Waals surface area contributed by atoms with E-state index in [2.05, 4.69) is 0 Å². The Morgan fingerprint density at radius 1 is 1.29 bits per heavy atom. The van der Waals surface area contributed by atoms with Gasteiger partial charge in [0.15, 0.2) is 14.6 Å². The molecule has 0 heterocycles. The Kier molecular flexibility index (Phi) is 4.12. The average Bonchev–Trinajstić information content (AvgIpc) is 2.05. The first-order chi connectivity index (χ1) is 6.26. The first-order valence-corrected chi connectivity index (χ1v) is 6.27. The number of sulfone groups is 1. The molecule has 0 aliphatic carbocycles. The van der Waals surface area contributed by atoms with E-state index in [4.69, 9.17) is 5.11 Å². The maximum atomic E-state index is 11.9. The van der Waals surface area contributed by atoms with Crippen LogP contribution >= 0.6 is 0 Å². The highest BCUT2D eigenvalue weighted by Gasteiger charge is 2.49. The van der Waals surface area contributed by atoms with Gasteiger partial charge in [-0.2, -0.15) is 0 Å². The molecule has 0 saturated heterocycles. The molecule has 0 spiro atoms. The predicted molar refractivity (Wildman–Crippen MR) is 55.0 cm³/mol. The second kappa shape index (κ2) is 4.29. The number of carboxylic acids is 1. The summed E-state index contributed by atoms with van der Waals surface area (Å²) < 4.78 is 22.1. The number of aliphatic carboxylic acids is 1. The van der Waals surface area contributed by atoms with E-state index in [0.717, 1.165) is 0 Å². The summed E-state index contributed by atoms with van der Waals surface area (Å²) in [6, 6.07) is 0. The van der Waals surface area contributed by atoms with Crippen LogP contribution in [0.4, 0.5) is 0 Å². The Balaban J connectivity index is 5.54. The van der Waals surface area contributed by atoms with Crippen LogP contribution < -0.4 is 0 Å². The van der Waals surface area contributed by atoms with Crippen molar-refractivity contribution in [2.75, 3.05) is 0 Å². The fourth-order valence-corrected chi connectivity index (χ4v) is 3.48. The van der Waals surface area contributed by atoms with Crippen LogP contribution in [0.3, 0.4) is 0 Å². The van der Waals surface area contributed by atoms with Crippen molar-refractivity contribution in [3.8, 4) is 0 Å². The monoisotopic (exact) mass is 222 g/mol. The van der Waals surface area contributed by atoms with E-state index in [-0.39, 0.29) is 12.8 Å². The zero-order valence-corrected chi connectivity index (χ0v) is 9.89. The van der Waals surface area contributed by atoms with E-state index in [1.165, 1.54) is 13.8 Å². The minimum atomic E-state index is -3.60. The topological polar surface area (TPSA) is 71.4 Å². The van der Waals surface area contributed by atoms with Crippen LogP contribution in [-0.2, 0) is 14.6 Å². The Labute approximate surface area is 85.2 Å². The van der Waals surface area contributed by atoms with Crippen molar-refractivity contribution >= 4 is 15.8 Å². The molecule has 0 bridgehead atoms. The fraction of sp³-hybridized carbons (Fsp3) is 0.889. The van der Waals surface area contributed by atoms with Crippen molar-refractivity contribution in [1.29, 1.82) is 0 Å². The zero-order chi connectivity index (χ0) is 11.6. The van der Waals surface area contributed by atoms with Crippen molar-refractivity contribution in [1.82, 2.24) is 0 Å². The van der Waals surface area contributed by atoms with Gasteiger partial charge in [0.25, 0.3) is 0 Å². The molecule has 0 rings (SSSR count). The molecular weight excluding hydrogens is 204 g/mol. The summed E-state index contributed by atoms with van der Waals surface area (Å²) in [5.41, 5.74) is 0. The summed E-state index contributed by atoms with van der Waals surface area (Å²) in [6.07, 6.45) is 0.221. The molecule has 0 saturated carbocycles. The van der Waals surface area contributed by atoms with E-state index in [1.807, 2.05) is 0 Å². The van der Waals surface area contributed by atoms with Crippen LogP contribution in [0.2, 0.25) is 0 Å². The molecule has 0 aromatic heterocycles. The third kappa shape index (κ3) is 1.78. The molecule has 0 radical (unpaired) electrons. The van der Waals surface area contributed by atoms with E-state index in [9.17, 15) is 13.2 Å². The third-order valence-corrected chi connectivity index (χ3v) is 5.78. The maximum absolute atomic E-state index is 11.9. The molecule has 0 atom stereocenters. The number of hydrogen-bond acceptors (Lipinski definition) is 3. The molecule has 0 aliphatic heterocycles. The third-order valence-electron chi connectivity index (χ3n) is 2.70. The molecule has 0 fully saturated rings. The summed E-state index contributed by atoms with van der Waals surface area (Å²) in [5.74, 6) is -1.24. The van der Waals surface area contributed by atoms with E-state index in [0.29, 0.717) is 0 Å². The molecule has 14 heavy (non-hydrogen) atoms. The molecule has 0 aliphatic rings. The summed E-state index contributed by atoms with van der Waals surface area (Å²) in [4.78, 5) is 11.1. The molecular formula is C9H18O4S. The van der Waals surface area contributed by atoms with E-state index in [1.54, 1.807) is 13.8 Å². The highest BCUT2D eigenvalue weighted by atomic mass is 32.2. The Bertz CT molecular complexity index is 299. The molecule has 0 amide bonds. The van der Waals surface area contributed by atoms with Crippen LogP contribution in [0.5, 0.6) is 0 Å². The molecule has 1 N–H and O–H groups in total. The van der Waals surface area contributed by atoms with Gasteiger partial charge in [0, 0.05) is 0 Å². The summed E-state index contributed by atoms with van der Waals surface area (Å²) in [7, 11) is -3.60. The van der Waals surface area contributed by atoms with Gasteiger partial charge in [-0.3, -0.25) is 4.79 Å². The summed E-state index contributed by atoms with van der Waals surface area (Å²) in [5, 5.41) is 8.37. The minimum Gasteiger partial charge on any atom is -0.480 e. The highest BCUT2D eigenvalue weighted by molar-refractivity contribution is 7.94. The van der Waals surface area contributed by atoms with Gasteiger partial charge in [-0.15, -0.1) is 0 Å². The lowest BCUT2D eigenvalue weighted by molar-refractivity contribution is -0.140. The molecule has 0 aromatic rings. The van der Waals surface area contributed by atoms with Gasteiger partial charge >= 0.3 is 5.97 Å². The normalized spacial score (nSPS) is 13.2. The van der Waals surface area contributed by atoms with Gasteiger partial charge in [0.2, 0.25) is 0 Å². The highest BCUT2D eigenvalue weighted by Crippen LogP contribution is 2.29. The molecule has 5 heteroatoms. The van der Waals surface area contributed by atoms with Crippen LogP contribution in [-0.4, -0.2) is 29.5 Å². The fourth-order valence-electron chi connectivity index (χ4n) is 1.53. The van der Waals surface area contributed by atoms with Gasteiger partial charge in [-0.05, 0) is 26.7 Å². The van der Waals surface area contributed by atoms with Gasteiger partial charge < -0.3 is 5.11 Å². The van der Waals surface area contributed by atoms with Gasteiger partial charge in [-0.1, -0.05) is 13.8 Å². The van der Waals surface area contributed by atoms with Crippen LogP contribution in [0.1, 0.15) is 40.5 Å². The smallest absolute Gasteiger partial charge is 0.325 e. The Morgan fingerprint density at radius 2 is 1.64 bits per heavy atom. The maximum Gasteiger partial charge on any atom is 0.325 e. The van der Waals surface area contributed by atoms with Crippen molar-refractivity contribution in [2.24, 2.45) is 0 Å². The average molecular weight is 222 g/mol. The molecule has 0 unspecified atom stereocenters. The van der Waals surface area contributed by atoms with Gasteiger partial charge in [-0.25, -0.2) is 8.42 Å². The second-order valence-electron chi connectivity index (χ2n) is 3.60. The molecule has 4 nitrogen and oxygen atoms in total. The number of hydrogen-bond donors (Lipinski definition) is 1. The standard InChI is InChI=1S/C9H18O4S/c1-5-9(6-2,8(10)11)14(12,13)7(3)4/h7H,5-6H2,1-4H3,(H,10,11). The van der Waals surface area contributed by atoms with Crippen molar-refractivity contribution < 1.29 is 18.3 Å². The van der Waals surface area contributed by atoms with Crippen LogP contribution in [0.15, 0.2) is 0 Å². The van der Waals surface area contributed by atoms with E-state index < -0.39 is 25.8 Å². The minimum absolute atomic E-state index is 0.110. The Hall–Kier alpha value is -0.580. The van der Waals surface area contributed by atoms with Gasteiger partial charge in [0.05, 0.1) is 5.25 Å². The lowest BCUT2D eigenvalue weighted by Crippen LogP contribution is -2.48. The quantitative estimate of drug-likeness (QED) is 0.764. The summed E-state index contributed by atoms with van der Waals surface area (Å²) in [6.45, 7) is 6.21. The van der Waals surface area contributed by atoms with Crippen LogP contribution in [0, 0.1) is 0 Å². The largest absolute Gasteiger partial charge is 0.480 e. The van der Waals surface area contributed by atoms with Crippen molar-refractivity contribution in [2.45, 2.75) is 50.5 Å². The lowest BCUT2D eigenvalue weighted by atomic mass is 10.0. The summed E-state index contributed by atoms with van der Waals surface area (Å²) >= 11 is 0. The molecule has 0 aromatic carbocycles. The lowest BCUT2D eigenvalue weighted by Gasteiger charge is -2.28. The first-order valence-electron chi connectivity index (χ1n) is 4.73. The van der Waals surface area contributed by atoms with Crippen molar-refractivity contribution in [3.05, 3.63) is 0 Å². The second-order valence-corrected chi connectivity index (χ2v) is 6.41. The van der Waals surface area contributed by atoms with Crippen molar-refractivity contribution in [3.63, 3.8) is 0 Å². The predicted octanol–water partition coefficient (Wildman–Crippen LogP) is 1.45. The SMILES string of the molecule is CCC(CC)(C(=O)O)S(=O)(=O)C(C)C. The van der Waals surface area contributed by atoms with Gasteiger partial charge in [0.1, 0.15) is 0 Å². The van der Waals surface area contributed by atoms with E-state index >= 15 is 0 Å². The zero-order valence-electron chi connectivity index (χ0n) is 9.07. The number of carboxylic acid groups (broad SMARTS) is 1. The number of rotatable bonds is 5. The van der Waals surface area contributed by atoms with Crippen LogP contribution in [0.25, 0.3) is 0 Å². The Morgan fingerprint density at radius 3 is 1.71 bits per heavy atom. The molecule has 84 valence electrons. The number of carbonyl (C=O) groups is 1.